The number of benzene rings is 1. The second-order valence-electron chi connectivity index (χ2n) is 7.45. The van der Waals surface area contributed by atoms with E-state index in [1.165, 1.54) is 19.3 Å². The molecule has 0 aliphatic heterocycles. The van der Waals surface area contributed by atoms with E-state index >= 15 is 0 Å². The van der Waals surface area contributed by atoms with E-state index in [0.717, 1.165) is 37.3 Å². The maximum atomic E-state index is 12.4. The lowest BCUT2D eigenvalue weighted by atomic mass is 9.85. The Bertz CT molecular complexity index is 606. The minimum Gasteiger partial charge on any atom is -0.349 e. The van der Waals surface area contributed by atoms with Crippen LogP contribution in [-0.4, -0.2) is 17.9 Å². The molecular formula is C19H24N2O2. The van der Waals surface area contributed by atoms with Crippen molar-refractivity contribution in [3.63, 3.8) is 0 Å². The molecule has 0 heterocycles. The van der Waals surface area contributed by atoms with Crippen LogP contribution in [0.15, 0.2) is 24.3 Å². The normalized spacial score (nSPS) is 29.1. The van der Waals surface area contributed by atoms with Crippen LogP contribution < -0.4 is 10.6 Å². The van der Waals surface area contributed by atoms with Gasteiger partial charge in [0.15, 0.2) is 0 Å². The van der Waals surface area contributed by atoms with Crippen LogP contribution in [0.3, 0.4) is 0 Å². The van der Waals surface area contributed by atoms with Crippen molar-refractivity contribution >= 4 is 17.5 Å². The molecule has 1 aromatic carbocycles. The molecule has 3 saturated carbocycles. The number of nitrogens with one attached hydrogen (secondary N) is 2. The minimum absolute atomic E-state index is 0.0134. The highest BCUT2D eigenvalue weighted by atomic mass is 16.2. The Hall–Kier alpha value is -1.84. The highest BCUT2D eigenvalue weighted by molar-refractivity contribution is 5.96. The first-order valence-corrected chi connectivity index (χ1v) is 8.91. The lowest BCUT2D eigenvalue weighted by Gasteiger charge is -2.24. The zero-order valence-electron chi connectivity index (χ0n) is 13.4. The molecule has 2 N–H and O–H groups in total. The summed E-state index contributed by atoms with van der Waals surface area (Å²) in [6.45, 7) is 0. The Labute approximate surface area is 137 Å². The molecule has 2 bridgehead atoms. The molecule has 3 aliphatic rings. The first-order valence-electron chi connectivity index (χ1n) is 8.91. The molecule has 4 heteroatoms. The van der Waals surface area contributed by atoms with Crippen molar-refractivity contribution < 1.29 is 9.59 Å². The highest BCUT2D eigenvalue weighted by Crippen LogP contribution is 2.44. The fourth-order valence-corrected chi connectivity index (χ4v) is 4.29. The Morgan fingerprint density at radius 2 is 1.74 bits per heavy atom. The van der Waals surface area contributed by atoms with Gasteiger partial charge in [-0.3, -0.25) is 9.59 Å². The Balaban J connectivity index is 1.33. The zero-order valence-corrected chi connectivity index (χ0v) is 13.4. The van der Waals surface area contributed by atoms with Crippen LogP contribution in [0.5, 0.6) is 0 Å². The molecular weight excluding hydrogens is 288 g/mol. The second-order valence-corrected chi connectivity index (χ2v) is 7.45. The molecule has 122 valence electrons. The second kappa shape index (κ2) is 5.99. The van der Waals surface area contributed by atoms with Gasteiger partial charge in [-0.05, 0) is 68.2 Å². The molecule has 2 amide bonds. The summed E-state index contributed by atoms with van der Waals surface area (Å²) in [6, 6.07) is 7.62. The van der Waals surface area contributed by atoms with Gasteiger partial charge in [0, 0.05) is 23.2 Å². The number of carbonyl (C=O) groups excluding carboxylic acids is 2. The molecule has 0 saturated heterocycles. The average Bonchev–Trinajstić information content (AvgIpc) is 3.08. The molecule has 0 spiro atoms. The maximum Gasteiger partial charge on any atom is 0.251 e. The predicted molar refractivity (Wildman–Crippen MR) is 89.1 cm³/mol. The highest BCUT2D eigenvalue weighted by Gasteiger charge is 2.40. The van der Waals surface area contributed by atoms with Crippen LogP contribution in [0.1, 0.15) is 55.3 Å². The molecule has 3 fully saturated rings. The molecule has 4 nitrogen and oxygen atoms in total. The zero-order chi connectivity index (χ0) is 15.8. The summed E-state index contributed by atoms with van der Waals surface area (Å²) in [7, 11) is 0. The van der Waals surface area contributed by atoms with E-state index in [1.807, 2.05) is 12.1 Å². The van der Waals surface area contributed by atoms with E-state index < -0.39 is 0 Å². The molecule has 0 unspecified atom stereocenters. The Morgan fingerprint density at radius 3 is 2.30 bits per heavy atom. The summed E-state index contributed by atoms with van der Waals surface area (Å²) < 4.78 is 0. The number of carbonyl (C=O) groups is 2. The summed E-state index contributed by atoms with van der Waals surface area (Å²) in [5.74, 6) is 1.81. The largest absolute Gasteiger partial charge is 0.349 e. The maximum absolute atomic E-state index is 12.4. The SMILES string of the molecule is O=C(N[C@@H]1C[C@H]2CC[C@@H]1C2)c1ccc(NC(=O)C2CCC2)cc1. The van der Waals surface area contributed by atoms with Gasteiger partial charge in [0.1, 0.15) is 0 Å². The van der Waals surface area contributed by atoms with Crippen molar-refractivity contribution in [3.05, 3.63) is 29.8 Å². The van der Waals surface area contributed by atoms with Gasteiger partial charge in [-0.15, -0.1) is 0 Å². The summed E-state index contributed by atoms with van der Waals surface area (Å²) >= 11 is 0. The van der Waals surface area contributed by atoms with Crippen molar-refractivity contribution in [1.82, 2.24) is 5.32 Å². The predicted octanol–water partition coefficient (Wildman–Crippen LogP) is 3.34. The van der Waals surface area contributed by atoms with Gasteiger partial charge >= 0.3 is 0 Å². The number of fused-ring (bicyclic) bond motifs is 2. The lowest BCUT2D eigenvalue weighted by Crippen LogP contribution is -2.38. The Kier molecular flexibility index (Phi) is 3.83. The quantitative estimate of drug-likeness (QED) is 0.896. The third-order valence-electron chi connectivity index (χ3n) is 5.95. The van der Waals surface area contributed by atoms with E-state index in [1.54, 1.807) is 12.1 Å². The third kappa shape index (κ3) is 2.99. The first kappa shape index (κ1) is 14.7. The van der Waals surface area contributed by atoms with Gasteiger partial charge in [-0.25, -0.2) is 0 Å². The minimum atomic E-state index is 0.0134. The number of hydrogen-bond donors (Lipinski definition) is 2. The van der Waals surface area contributed by atoms with E-state index in [-0.39, 0.29) is 17.7 Å². The van der Waals surface area contributed by atoms with Gasteiger partial charge in [-0.2, -0.15) is 0 Å². The van der Waals surface area contributed by atoms with Crippen molar-refractivity contribution in [2.24, 2.45) is 17.8 Å². The third-order valence-corrected chi connectivity index (χ3v) is 5.95. The van der Waals surface area contributed by atoms with E-state index in [2.05, 4.69) is 10.6 Å². The smallest absolute Gasteiger partial charge is 0.251 e. The summed E-state index contributed by atoms with van der Waals surface area (Å²) in [5.41, 5.74) is 1.45. The molecule has 0 radical (unpaired) electrons. The van der Waals surface area contributed by atoms with E-state index in [4.69, 9.17) is 0 Å². The Morgan fingerprint density at radius 1 is 0.957 bits per heavy atom. The van der Waals surface area contributed by atoms with Crippen molar-refractivity contribution in [1.29, 1.82) is 0 Å². The van der Waals surface area contributed by atoms with Gasteiger partial charge in [0.2, 0.25) is 5.91 Å². The monoisotopic (exact) mass is 312 g/mol. The van der Waals surface area contributed by atoms with Crippen molar-refractivity contribution in [2.45, 2.75) is 51.0 Å². The van der Waals surface area contributed by atoms with Crippen LogP contribution in [-0.2, 0) is 4.79 Å². The van der Waals surface area contributed by atoms with Crippen molar-refractivity contribution in [3.8, 4) is 0 Å². The van der Waals surface area contributed by atoms with Gasteiger partial charge in [0.05, 0.1) is 0 Å². The molecule has 0 aromatic heterocycles. The molecule has 3 atom stereocenters. The lowest BCUT2D eigenvalue weighted by molar-refractivity contribution is -0.122. The number of hydrogen-bond acceptors (Lipinski definition) is 2. The van der Waals surface area contributed by atoms with Gasteiger partial charge < -0.3 is 10.6 Å². The van der Waals surface area contributed by atoms with Crippen LogP contribution in [0.25, 0.3) is 0 Å². The summed E-state index contributed by atoms with van der Waals surface area (Å²) in [5, 5.41) is 6.13. The van der Waals surface area contributed by atoms with E-state index in [0.29, 0.717) is 17.5 Å². The standard InChI is InChI=1S/C19H24N2O2/c22-18(13-2-1-3-13)20-16-8-6-14(7-9-16)19(23)21-17-11-12-4-5-15(17)10-12/h6-9,12-13,15,17H,1-5,10-11H2,(H,20,22)(H,21,23)/t12-,15+,17+/m0/s1. The summed E-state index contributed by atoms with van der Waals surface area (Å²) in [6.07, 6.45) is 8.18. The number of rotatable bonds is 4. The molecule has 23 heavy (non-hydrogen) atoms. The van der Waals surface area contributed by atoms with Crippen molar-refractivity contribution in [2.75, 3.05) is 5.32 Å². The van der Waals surface area contributed by atoms with Gasteiger partial charge in [-0.1, -0.05) is 12.8 Å². The molecule has 1 aromatic rings. The van der Waals surface area contributed by atoms with E-state index in [9.17, 15) is 9.59 Å². The number of amides is 2. The summed E-state index contributed by atoms with van der Waals surface area (Å²) in [4.78, 5) is 24.3. The molecule has 4 rings (SSSR count). The fraction of sp³-hybridized carbons (Fsp3) is 0.579. The van der Waals surface area contributed by atoms with Crippen LogP contribution in [0.2, 0.25) is 0 Å². The van der Waals surface area contributed by atoms with Crippen LogP contribution >= 0.6 is 0 Å². The first-order chi connectivity index (χ1) is 11.2. The number of anilines is 1. The topological polar surface area (TPSA) is 58.2 Å². The van der Waals surface area contributed by atoms with Gasteiger partial charge in [0.25, 0.3) is 5.91 Å². The van der Waals surface area contributed by atoms with Crippen LogP contribution in [0.4, 0.5) is 5.69 Å². The average molecular weight is 312 g/mol. The fourth-order valence-electron chi connectivity index (χ4n) is 4.29. The molecule has 3 aliphatic carbocycles. The van der Waals surface area contributed by atoms with Crippen LogP contribution in [0, 0.1) is 17.8 Å².